The van der Waals surface area contributed by atoms with Crippen LogP contribution in [0.2, 0.25) is 0 Å². The second-order valence-electron chi connectivity index (χ2n) is 13.2. The van der Waals surface area contributed by atoms with Gasteiger partial charge < -0.3 is 34.6 Å². The maximum Gasteiger partial charge on any atom is 0.270 e. The lowest BCUT2D eigenvalue weighted by Gasteiger charge is -2.40. The number of ether oxygens (including phenoxy) is 3. The van der Waals surface area contributed by atoms with Gasteiger partial charge in [0.25, 0.3) is 5.91 Å². The molecule has 3 amide bonds. The highest BCUT2D eigenvalue weighted by Crippen LogP contribution is 2.43. The predicted octanol–water partition coefficient (Wildman–Crippen LogP) is 3.77. The molecule has 0 radical (unpaired) electrons. The zero-order chi connectivity index (χ0) is 31.7. The molecule has 2 N–H and O–H groups in total. The first-order chi connectivity index (χ1) is 21.7. The minimum absolute atomic E-state index is 0.00942. The van der Waals surface area contributed by atoms with Crippen molar-refractivity contribution in [2.24, 2.45) is 11.8 Å². The van der Waals surface area contributed by atoms with E-state index in [2.05, 4.69) is 22.8 Å². The largest absolute Gasteiger partial charge is 0.476 e. The summed E-state index contributed by atoms with van der Waals surface area (Å²) in [4.78, 5) is 44.9. The molecule has 1 saturated carbocycles. The first kappa shape index (κ1) is 31.5. The Kier molecular flexibility index (Phi) is 9.17. The van der Waals surface area contributed by atoms with Gasteiger partial charge in [0.05, 0.1) is 29.7 Å². The topological polar surface area (TPSA) is 109 Å². The molecule has 1 saturated heterocycles. The molecule has 0 bridgehead atoms. The number of fused-ring (bicyclic) bond motifs is 2. The highest BCUT2D eigenvalue weighted by molar-refractivity contribution is 6.04. The third-order valence-electron chi connectivity index (χ3n) is 9.45. The van der Waals surface area contributed by atoms with Crippen LogP contribution < -0.4 is 25.2 Å². The number of piperidine rings is 1. The quantitative estimate of drug-likeness (QED) is 0.369. The van der Waals surface area contributed by atoms with Crippen molar-refractivity contribution in [1.82, 2.24) is 10.6 Å². The number of anilines is 2. The Morgan fingerprint density at radius 3 is 2.67 bits per heavy atom. The zero-order valence-corrected chi connectivity index (χ0v) is 26.8. The van der Waals surface area contributed by atoms with Crippen molar-refractivity contribution in [2.45, 2.75) is 76.7 Å². The van der Waals surface area contributed by atoms with Gasteiger partial charge in [0.2, 0.25) is 11.8 Å². The number of benzene rings is 2. The minimum Gasteiger partial charge on any atom is -0.476 e. The zero-order valence-electron chi connectivity index (χ0n) is 26.8. The Hall–Kier alpha value is -3.47. The molecular formula is C35H46N4O6. The molecule has 2 heterocycles. The van der Waals surface area contributed by atoms with Gasteiger partial charge in [-0.2, -0.15) is 0 Å². The highest BCUT2D eigenvalue weighted by Gasteiger charge is 2.44. The Bertz CT molecular complexity index is 1420. The number of rotatable bonds is 11. The summed E-state index contributed by atoms with van der Waals surface area (Å²) in [5.41, 5.74) is 2.75. The highest BCUT2D eigenvalue weighted by atomic mass is 16.5. The van der Waals surface area contributed by atoms with Gasteiger partial charge in [0, 0.05) is 58.1 Å². The smallest absolute Gasteiger partial charge is 0.270 e. The number of hydrogen-bond donors (Lipinski definition) is 2. The number of nitrogens with one attached hydrogen (secondary N) is 2. The van der Waals surface area contributed by atoms with Crippen LogP contribution in [-0.4, -0.2) is 75.4 Å². The van der Waals surface area contributed by atoms with E-state index in [0.29, 0.717) is 57.1 Å². The minimum atomic E-state index is -0.986. The molecule has 10 heteroatoms. The Labute approximate surface area is 265 Å². The van der Waals surface area contributed by atoms with Crippen molar-refractivity contribution >= 4 is 29.1 Å². The van der Waals surface area contributed by atoms with Crippen LogP contribution in [0.5, 0.6) is 5.75 Å². The monoisotopic (exact) mass is 618 g/mol. The van der Waals surface area contributed by atoms with E-state index in [9.17, 15) is 14.4 Å². The standard InChI is InChI=1S/C35H46N4O6/c1-5-44-30-18-22-9-6-7-10-27(22)31(30)37-32(40)23-17-24(21-36-20-23)33(41)39(25-11-12-25)26-13-14-29-28(19-26)38(15-8-16-43-4)34(42)35(2,3)45-29/h6-7,9-10,13-14,19,23-25,30-31,36H,5,8,11-12,15-18,20-21H2,1-4H3,(H,37,40)/t23-,24+,30-,31+/m0/s1. The van der Waals surface area contributed by atoms with Gasteiger partial charge in [-0.05, 0) is 75.8 Å². The molecule has 4 atom stereocenters. The number of hydrogen-bond acceptors (Lipinski definition) is 7. The molecule has 0 aromatic heterocycles. The van der Waals surface area contributed by atoms with Gasteiger partial charge in [-0.15, -0.1) is 0 Å². The van der Waals surface area contributed by atoms with E-state index in [0.717, 1.165) is 30.5 Å². The Balaban J connectivity index is 1.19. The lowest BCUT2D eigenvalue weighted by Crippen LogP contribution is -2.53. The first-order valence-corrected chi connectivity index (χ1v) is 16.4. The number of methoxy groups -OCH3 is 1. The molecule has 2 aromatic carbocycles. The van der Waals surface area contributed by atoms with Crippen LogP contribution >= 0.6 is 0 Å². The fraction of sp³-hybridized carbons (Fsp3) is 0.571. The summed E-state index contributed by atoms with van der Waals surface area (Å²) in [6.45, 7) is 8.18. The van der Waals surface area contributed by atoms with E-state index >= 15 is 0 Å². The predicted molar refractivity (Wildman–Crippen MR) is 171 cm³/mol. The average Bonchev–Trinajstić information content (AvgIpc) is 3.81. The van der Waals surface area contributed by atoms with Crippen LogP contribution in [0.1, 0.15) is 63.6 Å². The second-order valence-corrected chi connectivity index (χ2v) is 13.2. The van der Waals surface area contributed by atoms with E-state index in [1.54, 1.807) is 25.9 Å². The van der Waals surface area contributed by atoms with E-state index < -0.39 is 5.60 Å². The molecule has 4 aliphatic rings. The van der Waals surface area contributed by atoms with E-state index in [-0.39, 0.29) is 47.7 Å². The number of amides is 3. The lowest BCUT2D eigenvalue weighted by atomic mass is 9.88. The van der Waals surface area contributed by atoms with Crippen molar-refractivity contribution in [1.29, 1.82) is 0 Å². The normalized spacial score (nSPS) is 25.2. The molecular weight excluding hydrogens is 572 g/mol. The van der Waals surface area contributed by atoms with Crippen molar-refractivity contribution in [3.63, 3.8) is 0 Å². The molecule has 2 fully saturated rings. The first-order valence-electron chi connectivity index (χ1n) is 16.4. The van der Waals surface area contributed by atoms with Crippen LogP contribution in [0.25, 0.3) is 0 Å². The van der Waals surface area contributed by atoms with Gasteiger partial charge in [-0.3, -0.25) is 14.4 Å². The summed E-state index contributed by atoms with van der Waals surface area (Å²) < 4.78 is 17.4. The summed E-state index contributed by atoms with van der Waals surface area (Å²) in [5, 5.41) is 6.65. The molecule has 45 heavy (non-hydrogen) atoms. The van der Waals surface area contributed by atoms with Crippen LogP contribution in [0.15, 0.2) is 42.5 Å². The lowest BCUT2D eigenvalue weighted by molar-refractivity contribution is -0.132. The third-order valence-corrected chi connectivity index (χ3v) is 9.45. The fourth-order valence-electron chi connectivity index (χ4n) is 7.04. The van der Waals surface area contributed by atoms with Gasteiger partial charge in [-0.25, -0.2) is 0 Å². The van der Waals surface area contributed by atoms with E-state index in [1.165, 1.54) is 5.56 Å². The fourth-order valence-corrected chi connectivity index (χ4v) is 7.04. The van der Waals surface area contributed by atoms with Crippen molar-refractivity contribution in [3.05, 3.63) is 53.6 Å². The molecule has 2 aliphatic heterocycles. The molecule has 2 aromatic rings. The maximum absolute atomic E-state index is 14.2. The third kappa shape index (κ3) is 6.46. The Morgan fingerprint density at radius 1 is 1.13 bits per heavy atom. The average molecular weight is 619 g/mol. The summed E-state index contributed by atoms with van der Waals surface area (Å²) in [6.07, 6.45) is 3.67. The van der Waals surface area contributed by atoms with Crippen LogP contribution in [-0.2, 0) is 30.3 Å². The maximum atomic E-state index is 14.2. The summed E-state index contributed by atoms with van der Waals surface area (Å²) in [7, 11) is 1.65. The summed E-state index contributed by atoms with van der Waals surface area (Å²) in [6, 6.07) is 13.8. The van der Waals surface area contributed by atoms with Crippen molar-refractivity contribution < 1.29 is 28.6 Å². The molecule has 2 aliphatic carbocycles. The number of carbonyl (C=O) groups is 3. The van der Waals surface area contributed by atoms with Crippen molar-refractivity contribution in [2.75, 3.05) is 49.8 Å². The van der Waals surface area contributed by atoms with Gasteiger partial charge in [-0.1, -0.05) is 24.3 Å². The number of nitrogens with zero attached hydrogens (tertiary/aromatic N) is 2. The second kappa shape index (κ2) is 13.1. The van der Waals surface area contributed by atoms with Gasteiger partial charge in [0.15, 0.2) is 5.60 Å². The van der Waals surface area contributed by atoms with Gasteiger partial charge in [0.1, 0.15) is 5.75 Å². The molecule has 242 valence electrons. The van der Waals surface area contributed by atoms with E-state index in [1.807, 2.05) is 42.2 Å². The van der Waals surface area contributed by atoms with Gasteiger partial charge >= 0.3 is 0 Å². The van der Waals surface area contributed by atoms with E-state index in [4.69, 9.17) is 14.2 Å². The summed E-state index contributed by atoms with van der Waals surface area (Å²) in [5.74, 6) is -0.220. The molecule has 0 unspecified atom stereocenters. The molecule has 0 spiro atoms. The van der Waals surface area contributed by atoms with Crippen LogP contribution in [0.3, 0.4) is 0 Å². The van der Waals surface area contributed by atoms with Crippen molar-refractivity contribution in [3.8, 4) is 5.75 Å². The Morgan fingerprint density at radius 2 is 1.91 bits per heavy atom. The molecule has 10 nitrogen and oxygen atoms in total. The SMILES string of the molecule is CCO[C@H]1Cc2ccccc2[C@H]1NC(=O)[C@@H]1CNC[C@H](C(=O)N(c2ccc3c(c2)N(CCCOC)C(=O)C(C)(C)O3)C2CC2)C1. The summed E-state index contributed by atoms with van der Waals surface area (Å²) >= 11 is 0. The van der Waals surface area contributed by atoms with Crippen LogP contribution in [0.4, 0.5) is 11.4 Å². The number of carbonyl (C=O) groups excluding carboxylic acids is 3. The molecule has 6 rings (SSSR count). The van der Waals surface area contributed by atoms with Crippen LogP contribution in [0, 0.1) is 11.8 Å².